The van der Waals surface area contributed by atoms with Crippen LogP contribution in [0.25, 0.3) is 0 Å². The number of hydrogen-bond acceptors (Lipinski definition) is 4. The maximum Gasteiger partial charge on any atom is 0.252 e. The molecule has 0 aliphatic heterocycles. The molecule has 0 unspecified atom stereocenters. The third-order valence-corrected chi connectivity index (χ3v) is 3.22. The molecule has 110 valence electrons. The Hall–Kier alpha value is -2.21. The topological polar surface area (TPSA) is 87.6 Å². The largest absolute Gasteiger partial charge is 0.490 e. The van der Waals surface area contributed by atoms with Crippen LogP contribution in [0.15, 0.2) is 46.9 Å². The molecule has 4 N–H and O–H groups in total. The van der Waals surface area contributed by atoms with Gasteiger partial charge in [-0.15, -0.1) is 0 Å². The van der Waals surface area contributed by atoms with Crippen molar-refractivity contribution >= 4 is 27.5 Å². The van der Waals surface area contributed by atoms with Crippen molar-refractivity contribution in [3.8, 4) is 11.5 Å². The van der Waals surface area contributed by atoms with E-state index >= 15 is 0 Å². The summed E-state index contributed by atoms with van der Waals surface area (Å²) in [6.07, 6.45) is 0. The van der Waals surface area contributed by atoms with Crippen LogP contribution in [0.1, 0.15) is 10.4 Å². The fourth-order valence-corrected chi connectivity index (χ4v) is 1.97. The monoisotopic (exact) mass is 350 g/mol. The molecule has 6 heteroatoms. The molecule has 0 saturated carbocycles. The predicted molar refractivity (Wildman–Crippen MR) is 84.5 cm³/mol. The second-order valence-electron chi connectivity index (χ2n) is 4.27. The Morgan fingerprint density at radius 2 is 1.71 bits per heavy atom. The van der Waals surface area contributed by atoms with Gasteiger partial charge in [-0.25, -0.2) is 0 Å². The first-order valence-corrected chi connectivity index (χ1v) is 7.06. The van der Waals surface area contributed by atoms with Crippen LogP contribution >= 0.6 is 15.9 Å². The Morgan fingerprint density at radius 3 is 2.38 bits per heavy atom. The lowest BCUT2D eigenvalue weighted by atomic mass is 10.2. The third kappa shape index (κ3) is 4.39. The Labute approximate surface area is 131 Å². The number of anilines is 1. The number of nitrogens with two attached hydrogens (primary N) is 2. The van der Waals surface area contributed by atoms with Crippen LogP contribution in [0, 0.1) is 0 Å². The third-order valence-electron chi connectivity index (χ3n) is 2.69. The number of rotatable bonds is 6. The number of carbonyl (C=O) groups excluding carboxylic acids is 1. The molecule has 0 heterocycles. The van der Waals surface area contributed by atoms with E-state index in [0.29, 0.717) is 23.6 Å². The standard InChI is InChI=1S/C15H15BrN2O3/c16-10-1-4-12(5-2-10)20-7-8-21-14-9-11(17)3-6-13(14)15(18)19/h1-6,9H,7-8,17H2,(H2,18,19). The van der Waals surface area contributed by atoms with E-state index < -0.39 is 5.91 Å². The van der Waals surface area contributed by atoms with Crippen molar-refractivity contribution in [2.75, 3.05) is 18.9 Å². The number of halogens is 1. The molecule has 0 spiro atoms. The first kappa shape index (κ1) is 15.2. The zero-order valence-corrected chi connectivity index (χ0v) is 12.8. The van der Waals surface area contributed by atoms with E-state index in [1.54, 1.807) is 18.2 Å². The fraction of sp³-hybridized carbons (Fsp3) is 0.133. The van der Waals surface area contributed by atoms with Crippen molar-refractivity contribution in [2.24, 2.45) is 5.73 Å². The Kier molecular flexibility index (Phi) is 5.05. The Morgan fingerprint density at radius 1 is 1.05 bits per heavy atom. The molecule has 0 aliphatic carbocycles. The molecule has 2 aromatic carbocycles. The lowest BCUT2D eigenvalue weighted by Crippen LogP contribution is -2.15. The minimum atomic E-state index is -0.557. The summed E-state index contributed by atoms with van der Waals surface area (Å²) in [5.41, 5.74) is 11.8. The molecule has 0 atom stereocenters. The zero-order valence-electron chi connectivity index (χ0n) is 11.2. The summed E-state index contributed by atoms with van der Waals surface area (Å²) in [6, 6.07) is 12.2. The highest BCUT2D eigenvalue weighted by Gasteiger charge is 2.09. The molecule has 2 rings (SSSR count). The molecule has 21 heavy (non-hydrogen) atoms. The maximum atomic E-state index is 11.3. The summed E-state index contributed by atoms with van der Waals surface area (Å²) in [5, 5.41) is 0. The molecule has 1 amide bonds. The molecule has 0 aromatic heterocycles. The van der Waals surface area contributed by atoms with Crippen LogP contribution in [0.2, 0.25) is 0 Å². The average molecular weight is 351 g/mol. The Bertz CT molecular complexity index is 629. The normalized spacial score (nSPS) is 10.1. The lowest BCUT2D eigenvalue weighted by Gasteiger charge is -2.11. The predicted octanol–water partition coefficient (Wildman–Crippen LogP) is 2.59. The molecule has 0 radical (unpaired) electrons. The zero-order chi connectivity index (χ0) is 15.2. The molecule has 0 bridgehead atoms. The second-order valence-corrected chi connectivity index (χ2v) is 5.19. The highest BCUT2D eigenvalue weighted by Crippen LogP contribution is 2.21. The van der Waals surface area contributed by atoms with Crippen molar-refractivity contribution in [3.05, 3.63) is 52.5 Å². The highest BCUT2D eigenvalue weighted by molar-refractivity contribution is 9.10. The maximum absolute atomic E-state index is 11.3. The van der Waals surface area contributed by atoms with E-state index in [1.165, 1.54) is 0 Å². The minimum Gasteiger partial charge on any atom is -0.490 e. The van der Waals surface area contributed by atoms with E-state index in [-0.39, 0.29) is 6.61 Å². The molecule has 5 nitrogen and oxygen atoms in total. The summed E-state index contributed by atoms with van der Waals surface area (Å²) in [4.78, 5) is 11.3. The summed E-state index contributed by atoms with van der Waals surface area (Å²) < 4.78 is 12.0. The van der Waals surface area contributed by atoms with Gasteiger partial charge in [0, 0.05) is 16.2 Å². The van der Waals surface area contributed by atoms with Crippen LogP contribution in [0.4, 0.5) is 5.69 Å². The van der Waals surface area contributed by atoms with E-state index in [9.17, 15) is 4.79 Å². The van der Waals surface area contributed by atoms with Crippen molar-refractivity contribution in [2.45, 2.75) is 0 Å². The van der Waals surface area contributed by atoms with E-state index in [0.717, 1.165) is 10.2 Å². The van der Waals surface area contributed by atoms with Gasteiger partial charge in [0.25, 0.3) is 5.91 Å². The quantitative estimate of drug-likeness (QED) is 0.619. The number of amides is 1. The van der Waals surface area contributed by atoms with Crippen LogP contribution < -0.4 is 20.9 Å². The summed E-state index contributed by atoms with van der Waals surface area (Å²) >= 11 is 3.35. The van der Waals surface area contributed by atoms with Gasteiger partial charge in [-0.1, -0.05) is 15.9 Å². The van der Waals surface area contributed by atoms with Gasteiger partial charge < -0.3 is 20.9 Å². The first-order chi connectivity index (χ1) is 10.1. The number of hydrogen-bond donors (Lipinski definition) is 2. The highest BCUT2D eigenvalue weighted by atomic mass is 79.9. The van der Waals surface area contributed by atoms with Gasteiger partial charge in [-0.3, -0.25) is 4.79 Å². The van der Waals surface area contributed by atoms with Crippen molar-refractivity contribution in [1.29, 1.82) is 0 Å². The van der Waals surface area contributed by atoms with Crippen molar-refractivity contribution in [1.82, 2.24) is 0 Å². The fourth-order valence-electron chi connectivity index (χ4n) is 1.70. The second kappa shape index (κ2) is 6.99. The van der Waals surface area contributed by atoms with Crippen molar-refractivity contribution < 1.29 is 14.3 Å². The van der Waals surface area contributed by atoms with Gasteiger partial charge in [0.2, 0.25) is 0 Å². The first-order valence-electron chi connectivity index (χ1n) is 6.27. The molecule has 2 aromatic rings. The van der Waals surface area contributed by atoms with Gasteiger partial charge in [0.15, 0.2) is 0 Å². The molecular formula is C15H15BrN2O3. The van der Waals surface area contributed by atoms with Gasteiger partial charge in [-0.05, 0) is 36.4 Å². The number of nitrogen functional groups attached to an aromatic ring is 1. The van der Waals surface area contributed by atoms with Crippen LogP contribution in [-0.4, -0.2) is 19.1 Å². The number of benzene rings is 2. The van der Waals surface area contributed by atoms with Crippen LogP contribution in [0.5, 0.6) is 11.5 Å². The van der Waals surface area contributed by atoms with Gasteiger partial charge >= 0.3 is 0 Å². The summed E-state index contributed by atoms with van der Waals surface area (Å²) in [6.45, 7) is 0.619. The smallest absolute Gasteiger partial charge is 0.252 e. The number of ether oxygens (including phenoxy) is 2. The summed E-state index contributed by atoms with van der Waals surface area (Å²) in [7, 11) is 0. The lowest BCUT2D eigenvalue weighted by molar-refractivity contribution is 0.0995. The molecule has 0 saturated heterocycles. The number of carbonyl (C=O) groups is 1. The van der Waals surface area contributed by atoms with Crippen LogP contribution in [0.3, 0.4) is 0 Å². The SMILES string of the molecule is NC(=O)c1ccc(N)cc1OCCOc1ccc(Br)cc1. The Balaban J connectivity index is 1.90. The molecular weight excluding hydrogens is 336 g/mol. The summed E-state index contributed by atoms with van der Waals surface area (Å²) in [5.74, 6) is 0.547. The van der Waals surface area contributed by atoms with Gasteiger partial charge in [-0.2, -0.15) is 0 Å². The minimum absolute atomic E-state index is 0.278. The van der Waals surface area contributed by atoms with Gasteiger partial charge in [0.05, 0.1) is 5.56 Å². The van der Waals surface area contributed by atoms with E-state index in [2.05, 4.69) is 15.9 Å². The molecule has 0 aliphatic rings. The van der Waals surface area contributed by atoms with Crippen molar-refractivity contribution in [3.63, 3.8) is 0 Å². The molecule has 0 fully saturated rings. The average Bonchev–Trinajstić information content (AvgIpc) is 2.45. The number of primary amides is 1. The van der Waals surface area contributed by atoms with E-state index in [4.69, 9.17) is 20.9 Å². The van der Waals surface area contributed by atoms with E-state index in [1.807, 2.05) is 24.3 Å². The van der Waals surface area contributed by atoms with Gasteiger partial charge in [0.1, 0.15) is 24.7 Å². The van der Waals surface area contributed by atoms with Crippen LogP contribution in [-0.2, 0) is 0 Å².